The normalized spacial score (nSPS) is 11.4. The van der Waals surface area contributed by atoms with E-state index in [9.17, 15) is 4.39 Å². The van der Waals surface area contributed by atoms with Gasteiger partial charge < -0.3 is 11.1 Å². The van der Waals surface area contributed by atoms with Crippen molar-refractivity contribution < 1.29 is 4.39 Å². The van der Waals surface area contributed by atoms with Crippen molar-refractivity contribution in [3.8, 4) is 0 Å². The van der Waals surface area contributed by atoms with Gasteiger partial charge in [0, 0.05) is 18.8 Å². The molecular weight excluding hydrogens is 179 g/mol. The van der Waals surface area contributed by atoms with Gasteiger partial charge in [0.05, 0.1) is 0 Å². The molecule has 0 aromatic heterocycles. The molecule has 1 aromatic rings. The van der Waals surface area contributed by atoms with E-state index in [1.54, 1.807) is 13.8 Å². The van der Waals surface area contributed by atoms with Gasteiger partial charge in [0.1, 0.15) is 5.67 Å². The van der Waals surface area contributed by atoms with Gasteiger partial charge in [-0.3, -0.25) is 0 Å². The molecule has 14 heavy (non-hydrogen) atoms. The molecule has 0 bridgehead atoms. The summed E-state index contributed by atoms with van der Waals surface area (Å²) in [7, 11) is 0. The zero-order chi connectivity index (χ0) is 10.6. The molecule has 0 fully saturated rings. The highest BCUT2D eigenvalue weighted by atomic mass is 19.1. The smallest absolute Gasteiger partial charge is 0.122 e. The van der Waals surface area contributed by atoms with Gasteiger partial charge in [0.2, 0.25) is 0 Å². The van der Waals surface area contributed by atoms with E-state index in [0.717, 1.165) is 11.3 Å². The zero-order valence-electron chi connectivity index (χ0n) is 8.68. The molecule has 2 nitrogen and oxygen atoms in total. The minimum absolute atomic E-state index is 0.314. The van der Waals surface area contributed by atoms with Crippen molar-refractivity contribution in [1.82, 2.24) is 0 Å². The van der Waals surface area contributed by atoms with Crippen LogP contribution in [0.3, 0.4) is 0 Å². The Bertz CT molecular complexity index is 274. The highest BCUT2D eigenvalue weighted by molar-refractivity contribution is 5.44. The molecule has 0 spiro atoms. The van der Waals surface area contributed by atoms with Crippen molar-refractivity contribution in [2.45, 2.75) is 26.1 Å². The van der Waals surface area contributed by atoms with Gasteiger partial charge in [-0.05, 0) is 31.5 Å². The van der Waals surface area contributed by atoms with Crippen molar-refractivity contribution in [2.24, 2.45) is 5.73 Å². The number of nitrogens with two attached hydrogens (primary N) is 1. The lowest BCUT2D eigenvalue weighted by Crippen LogP contribution is -2.24. The maximum atomic E-state index is 13.1. The Hall–Kier alpha value is -1.09. The summed E-state index contributed by atoms with van der Waals surface area (Å²) in [4.78, 5) is 0. The SMILES string of the molecule is CC(C)(F)CNc1ccc(CN)cc1. The Morgan fingerprint density at radius 1 is 1.29 bits per heavy atom. The van der Waals surface area contributed by atoms with Gasteiger partial charge in [-0.2, -0.15) is 0 Å². The molecular formula is C11H17FN2. The minimum atomic E-state index is -1.19. The Morgan fingerprint density at radius 2 is 1.86 bits per heavy atom. The van der Waals surface area contributed by atoms with Crippen LogP contribution in [0.5, 0.6) is 0 Å². The average Bonchev–Trinajstić information content (AvgIpc) is 2.14. The number of anilines is 1. The summed E-state index contributed by atoms with van der Waals surface area (Å²) >= 11 is 0. The first kappa shape index (κ1) is 11.0. The van der Waals surface area contributed by atoms with Crippen molar-refractivity contribution in [3.05, 3.63) is 29.8 Å². The summed E-state index contributed by atoms with van der Waals surface area (Å²) in [6.07, 6.45) is 0. The first-order chi connectivity index (χ1) is 6.51. The van der Waals surface area contributed by atoms with E-state index in [1.165, 1.54) is 0 Å². The number of hydrogen-bond acceptors (Lipinski definition) is 2. The molecule has 1 rings (SSSR count). The molecule has 3 N–H and O–H groups in total. The molecule has 0 saturated heterocycles. The van der Waals surface area contributed by atoms with Gasteiger partial charge in [0.15, 0.2) is 0 Å². The number of nitrogens with one attached hydrogen (secondary N) is 1. The molecule has 0 saturated carbocycles. The topological polar surface area (TPSA) is 38.0 Å². The van der Waals surface area contributed by atoms with Crippen molar-refractivity contribution in [2.75, 3.05) is 11.9 Å². The van der Waals surface area contributed by atoms with Crippen LogP contribution in [0, 0.1) is 0 Å². The fourth-order valence-corrected chi connectivity index (χ4v) is 1.07. The Labute approximate surface area is 84.3 Å². The average molecular weight is 196 g/mol. The third-order valence-corrected chi connectivity index (χ3v) is 1.90. The van der Waals surface area contributed by atoms with Crippen LogP contribution in [0.1, 0.15) is 19.4 Å². The van der Waals surface area contributed by atoms with Crippen molar-refractivity contribution >= 4 is 5.69 Å². The van der Waals surface area contributed by atoms with Crippen LogP contribution in [-0.2, 0) is 6.54 Å². The molecule has 0 unspecified atom stereocenters. The van der Waals surface area contributed by atoms with Gasteiger partial charge in [-0.15, -0.1) is 0 Å². The second-order valence-electron chi connectivity index (χ2n) is 3.97. The Morgan fingerprint density at radius 3 is 2.29 bits per heavy atom. The van der Waals surface area contributed by atoms with Gasteiger partial charge in [-0.25, -0.2) is 4.39 Å². The van der Waals surface area contributed by atoms with Crippen LogP contribution in [0.15, 0.2) is 24.3 Å². The largest absolute Gasteiger partial charge is 0.382 e. The molecule has 0 radical (unpaired) electrons. The fraction of sp³-hybridized carbons (Fsp3) is 0.455. The molecule has 3 heteroatoms. The molecule has 0 atom stereocenters. The highest BCUT2D eigenvalue weighted by Gasteiger charge is 2.14. The van der Waals surface area contributed by atoms with E-state index in [-0.39, 0.29) is 0 Å². The Kier molecular flexibility index (Phi) is 3.47. The molecule has 0 aliphatic heterocycles. The summed E-state index contributed by atoms with van der Waals surface area (Å²) in [5.74, 6) is 0. The van der Waals surface area contributed by atoms with Gasteiger partial charge >= 0.3 is 0 Å². The number of rotatable bonds is 4. The zero-order valence-corrected chi connectivity index (χ0v) is 8.68. The van der Waals surface area contributed by atoms with Crippen LogP contribution in [0.4, 0.5) is 10.1 Å². The second-order valence-corrected chi connectivity index (χ2v) is 3.97. The summed E-state index contributed by atoms with van der Waals surface area (Å²) in [6.45, 7) is 3.95. The van der Waals surface area contributed by atoms with E-state index in [0.29, 0.717) is 13.1 Å². The van der Waals surface area contributed by atoms with Crippen molar-refractivity contribution in [1.29, 1.82) is 0 Å². The van der Waals surface area contributed by atoms with E-state index < -0.39 is 5.67 Å². The van der Waals surface area contributed by atoms with E-state index >= 15 is 0 Å². The first-order valence-corrected chi connectivity index (χ1v) is 4.73. The summed E-state index contributed by atoms with van der Waals surface area (Å²) < 4.78 is 13.1. The molecule has 0 heterocycles. The highest BCUT2D eigenvalue weighted by Crippen LogP contribution is 2.13. The third-order valence-electron chi connectivity index (χ3n) is 1.90. The second kappa shape index (κ2) is 4.42. The van der Waals surface area contributed by atoms with Crippen LogP contribution >= 0.6 is 0 Å². The maximum Gasteiger partial charge on any atom is 0.122 e. The van der Waals surface area contributed by atoms with Crippen LogP contribution in [-0.4, -0.2) is 12.2 Å². The fourth-order valence-electron chi connectivity index (χ4n) is 1.07. The summed E-state index contributed by atoms with van der Waals surface area (Å²) in [5, 5.41) is 3.02. The molecule has 0 aliphatic rings. The molecule has 0 amide bonds. The lowest BCUT2D eigenvalue weighted by Gasteiger charge is -2.15. The number of halogens is 1. The predicted molar refractivity (Wildman–Crippen MR) is 58.0 cm³/mol. The molecule has 0 aliphatic carbocycles. The van der Waals surface area contributed by atoms with Gasteiger partial charge in [0.25, 0.3) is 0 Å². The van der Waals surface area contributed by atoms with E-state index in [1.807, 2.05) is 24.3 Å². The predicted octanol–water partition coefficient (Wildman–Crippen LogP) is 2.31. The lowest BCUT2D eigenvalue weighted by molar-refractivity contribution is 0.235. The number of benzene rings is 1. The number of hydrogen-bond donors (Lipinski definition) is 2. The first-order valence-electron chi connectivity index (χ1n) is 4.73. The van der Waals surface area contributed by atoms with Crippen molar-refractivity contribution in [3.63, 3.8) is 0 Å². The van der Waals surface area contributed by atoms with Crippen LogP contribution in [0.2, 0.25) is 0 Å². The third kappa shape index (κ3) is 3.75. The number of alkyl halides is 1. The molecule has 78 valence electrons. The van der Waals surface area contributed by atoms with Crippen LogP contribution in [0.25, 0.3) is 0 Å². The maximum absolute atomic E-state index is 13.1. The Balaban J connectivity index is 2.52. The molecule has 1 aromatic carbocycles. The standard InChI is InChI=1S/C11H17FN2/c1-11(2,12)8-14-10-5-3-9(7-13)4-6-10/h3-6,14H,7-8,13H2,1-2H3. The van der Waals surface area contributed by atoms with E-state index in [2.05, 4.69) is 5.32 Å². The summed E-state index contributed by atoms with van der Waals surface area (Å²) in [6, 6.07) is 7.70. The van der Waals surface area contributed by atoms with Gasteiger partial charge in [-0.1, -0.05) is 12.1 Å². The quantitative estimate of drug-likeness (QED) is 0.775. The van der Waals surface area contributed by atoms with E-state index in [4.69, 9.17) is 5.73 Å². The monoisotopic (exact) mass is 196 g/mol. The lowest BCUT2D eigenvalue weighted by atomic mass is 10.1. The summed E-state index contributed by atoms with van der Waals surface area (Å²) in [5.41, 5.74) is 6.28. The minimum Gasteiger partial charge on any atom is -0.382 e. The van der Waals surface area contributed by atoms with Crippen LogP contribution < -0.4 is 11.1 Å².